The fourth-order valence-corrected chi connectivity index (χ4v) is 6.59. The second-order valence-electron chi connectivity index (χ2n) is 13.0. The van der Waals surface area contributed by atoms with E-state index in [9.17, 15) is 0 Å². The lowest BCUT2D eigenvalue weighted by molar-refractivity contribution is -0.524. The van der Waals surface area contributed by atoms with Crippen molar-refractivity contribution < 1.29 is 4.57 Å². The van der Waals surface area contributed by atoms with Crippen LogP contribution >= 0.6 is 0 Å². The zero-order valence-electron chi connectivity index (χ0n) is 28.5. The second-order valence-corrected chi connectivity index (χ2v) is 13.0. The van der Waals surface area contributed by atoms with E-state index in [4.69, 9.17) is 34.3 Å². The number of nitrogens with zero attached hydrogens (tertiary/aromatic N) is 4. The number of nitrogens with one attached hydrogen (secondary N) is 2. The van der Waals surface area contributed by atoms with Gasteiger partial charge in [0, 0.05) is 54.0 Å². The Morgan fingerprint density at radius 3 is 2.12 bits per heavy atom. The summed E-state index contributed by atoms with van der Waals surface area (Å²) in [6.07, 6.45) is 23.3. The molecule has 244 valence electrons. The van der Waals surface area contributed by atoms with E-state index in [1.165, 1.54) is 31.3 Å². The molecule has 0 fully saturated rings. The summed E-state index contributed by atoms with van der Waals surface area (Å²) in [5.41, 5.74) is 26.5. The van der Waals surface area contributed by atoms with Crippen LogP contribution in [0.3, 0.4) is 0 Å². The van der Waals surface area contributed by atoms with Crippen LogP contribution in [0.15, 0.2) is 64.8 Å². The van der Waals surface area contributed by atoms with Crippen molar-refractivity contribution in [1.82, 2.24) is 10.3 Å². The number of aromatic nitrogens is 2. The van der Waals surface area contributed by atoms with E-state index < -0.39 is 0 Å². The van der Waals surface area contributed by atoms with Gasteiger partial charge in [-0.25, -0.2) is 9.98 Å². The summed E-state index contributed by atoms with van der Waals surface area (Å²) in [5.74, 6) is 0. The lowest BCUT2D eigenvalue weighted by atomic mass is 9.94. The number of nitrogens with two attached hydrogens (primary N) is 2. The quantitative estimate of drug-likeness (QED) is 0.0467. The minimum Gasteiger partial charge on any atom is -0.398 e. The molecule has 6 rings (SSSR count). The summed E-state index contributed by atoms with van der Waals surface area (Å²) in [6, 6.07) is 17.6. The largest absolute Gasteiger partial charge is 0.398 e. The number of nitrogen functional groups attached to an aromatic ring is 2. The van der Waals surface area contributed by atoms with Crippen molar-refractivity contribution in [2.45, 2.75) is 72.3 Å². The molecule has 2 aliphatic rings. The Labute approximate surface area is 284 Å². The van der Waals surface area contributed by atoms with Gasteiger partial charge < -0.3 is 22.1 Å². The molecule has 0 saturated carbocycles. The molecule has 3 aromatic carbocycles. The molecule has 1 aliphatic carbocycles. The number of anilines is 4. The first kappa shape index (κ1) is 32.5. The molecule has 48 heavy (non-hydrogen) atoms. The van der Waals surface area contributed by atoms with Crippen molar-refractivity contribution in [3.05, 3.63) is 76.5 Å². The molecule has 0 amide bonds. The topological polar surface area (TPSA) is 108 Å². The van der Waals surface area contributed by atoms with Gasteiger partial charge in [0.25, 0.3) is 0 Å². The van der Waals surface area contributed by atoms with Gasteiger partial charge in [-0.2, -0.15) is 0 Å². The maximum Gasteiger partial charge on any atom is 0.249 e. The third-order valence-corrected chi connectivity index (χ3v) is 9.48. The molecule has 8 heteroatoms. The molecule has 1 aromatic heterocycles. The molecule has 0 saturated heterocycles. The Balaban J connectivity index is 0.950. The molecular formula is C40H45N8+. The Hall–Kier alpha value is -5.47. The van der Waals surface area contributed by atoms with E-state index >= 15 is 0 Å². The first-order valence-corrected chi connectivity index (χ1v) is 16.8. The number of fused-ring (bicyclic) bond motifs is 4. The predicted octanol–water partition coefficient (Wildman–Crippen LogP) is 6.94. The van der Waals surface area contributed by atoms with Gasteiger partial charge in [-0.1, -0.05) is 32.1 Å². The molecule has 0 bridgehead atoms. The number of unbranched alkanes of at least 4 members (excludes halogenated alkanes) is 5. The Bertz CT molecular complexity index is 2090. The van der Waals surface area contributed by atoms with Crippen LogP contribution in [-0.4, -0.2) is 29.8 Å². The van der Waals surface area contributed by atoms with Crippen LogP contribution in [0.25, 0.3) is 22.1 Å². The maximum absolute atomic E-state index is 6.20. The van der Waals surface area contributed by atoms with E-state index in [0.29, 0.717) is 5.69 Å². The molecule has 2 heterocycles. The predicted molar refractivity (Wildman–Crippen MR) is 201 cm³/mol. The zero-order chi connectivity index (χ0) is 33.9. The normalized spacial score (nSPS) is 15.2. The lowest BCUT2D eigenvalue weighted by Crippen LogP contribution is -2.41. The minimum atomic E-state index is -0.110. The standard InChI is InChI=1S/C40H44N8/c1-7-47-37-21-29(41)25(3)17-33(37)45-35-19-27(5)31(23-39(35)47)43-15-13-11-9-10-12-14-16-44-32-24-40-36(20-28(32)6)46-34-18-26(4)30(42)22-38(34)48(40)8-2/h1-2,17-24,39,43H,9-16,41H2,3-6H3,(H2,42,44)/p+1. The van der Waals surface area contributed by atoms with Crippen LogP contribution in [0.1, 0.15) is 62.1 Å². The van der Waals surface area contributed by atoms with Crippen molar-refractivity contribution in [2.24, 2.45) is 4.99 Å². The van der Waals surface area contributed by atoms with E-state index in [2.05, 4.69) is 60.9 Å². The van der Waals surface area contributed by atoms with Crippen molar-refractivity contribution >= 4 is 56.2 Å². The van der Waals surface area contributed by atoms with Gasteiger partial charge in [0.2, 0.25) is 17.1 Å². The lowest BCUT2D eigenvalue weighted by Gasteiger charge is -2.34. The smallest absolute Gasteiger partial charge is 0.249 e. The molecule has 1 unspecified atom stereocenters. The van der Waals surface area contributed by atoms with Gasteiger partial charge in [0.05, 0.1) is 17.1 Å². The van der Waals surface area contributed by atoms with Crippen LogP contribution in [0.2, 0.25) is 0 Å². The summed E-state index contributed by atoms with van der Waals surface area (Å²) in [4.78, 5) is 11.7. The monoisotopic (exact) mass is 637 g/mol. The van der Waals surface area contributed by atoms with Crippen LogP contribution in [0.4, 0.5) is 28.4 Å². The van der Waals surface area contributed by atoms with Gasteiger partial charge in [-0.05, 0) is 106 Å². The number of hydrogen-bond acceptors (Lipinski definition) is 7. The van der Waals surface area contributed by atoms with Crippen molar-refractivity contribution in [2.75, 3.05) is 34.8 Å². The van der Waals surface area contributed by atoms with Crippen LogP contribution in [-0.2, 0) is 0 Å². The molecule has 0 radical (unpaired) electrons. The Kier molecular flexibility index (Phi) is 9.28. The molecule has 4 aromatic rings. The second kappa shape index (κ2) is 13.7. The number of aryl methyl sites for hydroxylation is 3. The van der Waals surface area contributed by atoms with Gasteiger partial charge in [-0.15, -0.1) is 4.57 Å². The Morgan fingerprint density at radius 2 is 1.42 bits per heavy atom. The summed E-state index contributed by atoms with van der Waals surface area (Å²) in [5, 5.41) is 7.28. The molecule has 1 atom stereocenters. The summed E-state index contributed by atoms with van der Waals surface area (Å²) >= 11 is 0. The zero-order valence-corrected chi connectivity index (χ0v) is 28.5. The third kappa shape index (κ3) is 6.39. The van der Waals surface area contributed by atoms with E-state index in [1.807, 2.05) is 47.6 Å². The number of hydrogen-bond donors (Lipinski definition) is 4. The first-order valence-electron chi connectivity index (χ1n) is 16.8. The van der Waals surface area contributed by atoms with Crippen molar-refractivity contribution in [1.29, 1.82) is 0 Å². The highest BCUT2D eigenvalue weighted by Gasteiger charge is 2.30. The highest BCUT2D eigenvalue weighted by molar-refractivity contribution is 6.10. The fourth-order valence-electron chi connectivity index (χ4n) is 6.59. The molecule has 1 aliphatic heterocycles. The molecule has 6 N–H and O–H groups in total. The van der Waals surface area contributed by atoms with E-state index in [-0.39, 0.29) is 6.04 Å². The Morgan fingerprint density at radius 1 is 0.792 bits per heavy atom. The van der Waals surface area contributed by atoms with Crippen LogP contribution < -0.4 is 31.6 Å². The average molecular weight is 638 g/mol. The highest BCUT2D eigenvalue weighted by Crippen LogP contribution is 2.39. The average Bonchev–Trinajstić information content (AvgIpc) is 3.05. The number of benzene rings is 3. The summed E-state index contributed by atoms with van der Waals surface area (Å²) in [7, 11) is 0. The molecule has 8 nitrogen and oxygen atoms in total. The van der Waals surface area contributed by atoms with Crippen LogP contribution in [0, 0.1) is 45.7 Å². The fraction of sp³-hybridized carbons (Fsp3) is 0.325. The molecular weight excluding hydrogens is 592 g/mol. The summed E-state index contributed by atoms with van der Waals surface area (Å²) < 4.78 is 1.85. The first-order chi connectivity index (χ1) is 23.2. The minimum absolute atomic E-state index is 0.110. The number of terminal acetylenes is 2. The van der Waals surface area contributed by atoms with Gasteiger partial charge in [0.15, 0.2) is 0 Å². The van der Waals surface area contributed by atoms with Crippen molar-refractivity contribution in [3.63, 3.8) is 0 Å². The maximum atomic E-state index is 6.20. The molecule has 0 spiro atoms. The van der Waals surface area contributed by atoms with Crippen molar-refractivity contribution in [3.8, 4) is 24.9 Å². The van der Waals surface area contributed by atoms with E-state index in [0.717, 1.165) is 98.8 Å². The number of allylic oxidation sites excluding steroid dienone is 1. The number of rotatable bonds is 11. The van der Waals surface area contributed by atoms with E-state index in [1.54, 1.807) is 0 Å². The van der Waals surface area contributed by atoms with Gasteiger partial charge in [0.1, 0.15) is 17.1 Å². The highest BCUT2D eigenvalue weighted by atomic mass is 15.2. The SMILES string of the molecule is C#CN1c2cc(N)c(C)cc2N=C2C=C(C)C(NCCCCCCCCNc3cc4c(cc3C)nc3cc(C)c(N)cc3[n+]4C#C)=CC21. The summed E-state index contributed by atoms with van der Waals surface area (Å²) in [6.45, 7) is 10.0. The van der Waals surface area contributed by atoms with Crippen LogP contribution in [0.5, 0.6) is 0 Å². The van der Waals surface area contributed by atoms with Gasteiger partial charge in [-0.3, -0.25) is 4.90 Å². The third-order valence-electron chi connectivity index (χ3n) is 9.48. The number of aliphatic imine (C=N–C) groups is 1. The van der Waals surface area contributed by atoms with Gasteiger partial charge >= 0.3 is 0 Å².